The minimum absolute atomic E-state index is 0.644. The highest BCUT2D eigenvalue weighted by Gasteiger charge is 2.25. The molecule has 2 aromatic rings. The maximum Gasteiger partial charge on any atom is 0.0460 e. The second kappa shape index (κ2) is 3.53. The molecule has 2 atom stereocenters. The van der Waals surface area contributed by atoms with Gasteiger partial charge in [0.05, 0.1) is 0 Å². The molecule has 84 valence electrons. The van der Waals surface area contributed by atoms with Crippen LogP contribution in [0.1, 0.15) is 37.4 Å². The SMILES string of the molecule is CC1Cc2[nH]c3ccc(Cl)cc3c2C(C)C1. The van der Waals surface area contributed by atoms with E-state index in [2.05, 4.69) is 31.0 Å². The molecule has 0 saturated carbocycles. The number of aromatic amines is 1. The molecular formula is C14H16ClN. The first-order valence-corrected chi connectivity index (χ1v) is 6.33. The van der Waals surface area contributed by atoms with Crippen LogP contribution in [-0.2, 0) is 6.42 Å². The van der Waals surface area contributed by atoms with E-state index in [9.17, 15) is 0 Å². The minimum Gasteiger partial charge on any atom is -0.358 e. The Hall–Kier alpha value is -0.950. The predicted octanol–water partition coefficient (Wildman–Crippen LogP) is 4.51. The monoisotopic (exact) mass is 233 g/mol. The van der Waals surface area contributed by atoms with Crippen LogP contribution in [0.3, 0.4) is 0 Å². The van der Waals surface area contributed by atoms with Crippen molar-refractivity contribution in [3.05, 3.63) is 34.5 Å². The Morgan fingerprint density at radius 3 is 2.94 bits per heavy atom. The van der Waals surface area contributed by atoms with Crippen molar-refractivity contribution in [3.63, 3.8) is 0 Å². The molecule has 0 spiro atoms. The Balaban J connectivity index is 2.27. The van der Waals surface area contributed by atoms with Gasteiger partial charge in [0.25, 0.3) is 0 Å². The Bertz CT molecular complexity index is 541. The molecule has 1 aromatic heterocycles. The number of hydrogen-bond donors (Lipinski definition) is 1. The van der Waals surface area contributed by atoms with Gasteiger partial charge >= 0.3 is 0 Å². The average Bonchev–Trinajstić information content (AvgIpc) is 2.54. The number of hydrogen-bond acceptors (Lipinski definition) is 0. The van der Waals surface area contributed by atoms with E-state index in [1.807, 2.05) is 6.07 Å². The van der Waals surface area contributed by atoms with Crippen LogP contribution in [0.5, 0.6) is 0 Å². The highest BCUT2D eigenvalue weighted by Crippen LogP contribution is 2.39. The van der Waals surface area contributed by atoms with Crippen LogP contribution in [-0.4, -0.2) is 4.98 Å². The molecule has 1 aromatic carbocycles. The molecule has 1 nitrogen and oxygen atoms in total. The lowest BCUT2D eigenvalue weighted by Gasteiger charge is -2.24. The number of aromatic nitrogens is 1. The molecule has 1 heterocycles. The summed E-state index contributed by atoms with van der Waals surface area (Å²) in [4.78, 5) is 3.55. The molecule has 16 heavy (non-hydrogen) atoms. The van der Waals surface area contributed by atoms with Gasteiger partial charge in [-0.3, -0.25) is 0 Å². The Kier molecular flexibility index (Phi) is 2.25. The summed E-state index contributed by atoms with van der Waals surface area (Å²) < 4.78 is 0. The van der Waals surface area contributed by atoms with Crippen LogP contribution in [0, 0.1) is 5.92 Å². The molecule has 1 N–H and O–H groups in total. The minimum atomic E-state index is 0.644. The van der Waals surface area contributed by atoms with Crippen molar-refractivity contribution < 1.29 is 0 Å². The average molecular weight is 234 g/mol. The van der Waals surface area contributed by atoms with Crippen LogP contribution in [0.2, 0.25) is 5.02 Å². The van der Waals surface area contributed by atoms with E-state index in [1.54, 1.807) is 0 Å². The zero-order valence-corrected chi connectivity index (χ0v) is 10.4. The van der Waals surface area contributed by atoms with E-state index in [0.29, 0.717) is 5.92 Å². The molecule has 0 fully saturated rings. The number of fused-ring (bicyclic) bond motifs is 3. The van der Waals surface area contributed by atoms with E-state index >= 15 is 0 Å². The van der Waals surface area contributed by atoms with Crippen molar-refractivity contribution in [2.24, 2.45) is 5.92 Å². The number of H-pyrrole nitrogens is 1. The quantitative estimate of drug-likeness (QED) is 0.689. The molecule has 2 heteroatoms. The first-order chi connectivity index (χ1) is 7.65. The summed E-state index contributed by atoms with van der Waals surface area (Å²) in [5.74, 6) is 1.43. The van der Waals surface area contributed by atoms with E-state index in [1.165, 1.54) is 35.0 Å². The normalized spacial score (nSPS) is 24.7. The molecule has 1 aliphatic carbocycles. The van der Waals surface area contributed by atoms with Gasteiger partial charge in [0.2, 0.25) is 0 Å². The fourth-order valence-electron chi connectivity index (χ4n) is 3.12. The standard InChI is InChI=1S/C14H16ClN/c1-8-5-9(2)14-11-7-10(15)3-4-12(11)16-13(14)6-8/h3-4,7-9,16H,5-6H2,1-2H3. The van der Waals surface area contributed by atoms with Crippen molar-refractivity contribution >= 4 is 22.5 Å². The van der Waals surface area contributed by atoms with Gasteiger partial charge in [0.15, 0.2) is 0 Å². The van der Waals surface area contributed by atoms with Crippen LogP contribution in [0.4, 0.5) is 0 Å². The number of halogens is 1. The van der Waals surface area contributed by atoms with Gasteiger partial charge in [-0.25, -0.2) is 0 Å². The number of benzene rings is 1. The van der Waals surface area contributed by atoms with Gasteiger partial charge in [-0.05, 0) is 48.4 Å². The fraction of sp³-hybridized carbons (Fsp3) is 0.429. The third kappa shape index (κ3) is 1.46. The van der Waals surface area contributed by atoms with Crippen molar-refractivity contribution in [3.8, 4) is 0 Å². The van der Waals surface area contributed by atoms with Gasteiger partial charge < -0.3 is 4.98 Å². The topological polar surface area (TPSA) is 15.8 Å². The third-order valence-corrected chi connectivity index (χ3v) is 3.92. The number of rotatable bonds is 0. The van der Waals surface area contributed by atoms with E-state index in [-0.39, 0.29) is 0 Å². The summed E-state index contributed by atoms with van der Waals surface area (Å²) in [5.41, 5.74) is 4.15. The molecule has 0 saturated heterocycles. The predicted molar refractivity (Wildman–Crippen MR) is 69.2 cm³/mol. The molecule has 0 aliphatic heterocycles. The largest absolute Gasteiger partial charge is 0.358 e. The number of nitrogens with one attached hydrogen (secondary N) is 1. The summed E-state index contributed by atoms with van der Waals surface area (Å²) in [6.45, 7) is 4.65. The van der Waals surface area contributed by atoms with Crippen molar-refractivity contribution in [1.82, 2.24) is 4.98 Å². The molecular weight excluding hydrogens is 218 g/mol. The Morgan fingerprint density at radius 1 is 1.31 bits per heavy atom. The highest BCUT2D eigenvalue weighted by atomic mass is 35.5. The summed E-state index contributed by atoms with van der Waals surface area (Å²) in [6, 6.07) is 6.14. The lowest BCUT2D eigenvalue weighted by Crippen LogP contribution is -2.13. The summed E-state index contributed by atoms with van der Waals surface area (Å²) in [6.07, 6.45) is 2.46. The lowest BCUT2D eigenvalue weighted by atomic mass is 9.81. The van der Waals surface area contributed by atoms with Crippen LogP contribution in [0.15, 0.2) is 18.2 Å². The fourth-order valence-corrected chi connectivity index (χ4v) is 3.29. The molecule has 2 unspecified atom stereocenters. The zero-order chi connectivity index (χ0) is 11.3. The van der Waals surface area contributed by atoms with Crippen molar-refractivity contribution in [2.45, 2.75) is 32.6 Å². The van der Waals surface area contributed by atoms with E-state index in [4.69, 9.17) is 11.6 Å². The third-order valence-electron chi connectivity index (χ3n) is 3.68. The lowest BCUT2D eigenvalue weighted by molar-refractivity contribution is 0.448. The van der Waals surface area contributed by atoms with Crippen molar-refractivity contribution in [1.29, 1.82) is 0 Å². The van der Waals surface area contributed by atoms with Gasteiger partial charge in [0, 0.05) is 21.6 Å². The van der Waals surface area contributed by atoms with E-state index in [0.717, 1.165) is 10.9 Å². The van der Waals surface area contributed by atoms with Crippen LogP contribution >= 0.6 is 11.6 Å². The summed E-state index contributed by atoms with van der Waals surface area (Å²) in [5, 5.41) is 2.15. The molecule has 0 bridgehead atoms. The summed E-state index contributed by atoms with van der Waals surface area (Å²) in [7, 11) is 0. The van der Waals surface area contributed by atoms with Gasteiger partial charge in [-0.1, -0.05) is 25.4 Å². The second-order valence-corrected chi connectivity index (χ2v) is 5.59. The Labute approximate surface area is 101 Å². The van der Waals surface area contributed by atoms with Crippen LogP contribution < -0.4 is 0 Å². The molecule has 1 aliphatic rings. The van der Waals surface area contributed by atoms with Crippen molar-refractivity contribution in [2.75, 3.05) is 0 Å². The van der Waals surface area contributed by atoms with Gasteiger partial charge in [-0.15, -0.1) is 0 Å². The molecule has 3 rings (SSSR count). The first kappa shape index (κ1) is 10.2. The maximum absolute atomic E-state index is 6.08. The Morgan fingerprint density at radius 2 is 2.12 bits per heavy atom. The first-order valence-electron chi connectivity index (χ1n) is 5.95. The van der Waals surface area contributed by atoms with Gasteiger partial charge in [-0.2, -0.15) is 0 Å². The molecule has 0 amide bonds. The van der Waals surface area contributed by atoms with Gasteiger partial charge in [0.1, 0.15) is 0 Å². The van der Waals surface area contributed by atoms with E-state index < -0.39 is 0 Å². The maximum atomic E-state index is 6.08. The second-order valence-electron chi connectivity index (χ2n) is 5.15. The zero-order valence-electron chi connectivity index (χ0n) is 9.68. The summed E-state index contributed by atoms with van der Waals surface area (Å²) >= 11 is 6.08. The van der Waals surface area contributed by atoms with Crippen LogP contribution in [0.25, 0.3) is 10.9 Å². The molecule has 0 radical (unpaired) electrons. The highest BCUT2D eigenvalue weighted by molar-refractivity contribution is 6.31. The smallest absolute Gasteiger partial charge is 0.0460 e.